The van der Waals surface area contributed by atoms with Gasteiger partial charge in [-0.1, -0.05) is 0 Å². The van der Waals surface area contributed by atoms with Gasteiger partial charge in [0.2, 0.25) is 0 Å². The van der Waals surface area contributed by atoms with Crippen LogP contribution < -0.4 is 11.1 Å². The van der Waals surface area contributed by atoms with E-state index in [9.17, 15) is 9.90 Å². The second kappa shape index (κ2) is 4.45. The largest absolute Gasteiger partial charge is 0.368 e. The number of unbranched alkanes of at least 4 members (excludes halogenated alkanes) is 1. The van der Waals surface area contributed by atoms with Crippen LogP contribution in [0.15, 0.2) is 0 Å². The molecule has 0 bridgehead atoms. The lowest BCUT2D eigenvalue weighted by molar-refractivity contribution is -0.140. The van der Waals surface area contributed by atoms with Crippen molar-refractivity contribution in [3.63, 3.8) is 0 Å². The van der Waals surface area contributed by atoms with Gasteiger partial charge in [-0.25, -0.2) is 0 Å². The Labute approximate surface area is 83.9 Å². The first-order chi connectivity index (χ1) is 6.56. The number of aliphatic hydroxyl groups is 1. The third kappa shape index (κ3) is 3.36. The van der Waals surface area contributed by atoms with Crippen molar-refractivity contribution in [2.75, 3.05) is 0 Å². The minimum atomic E-state index is -1.76. The zero-order valence-corrected chi connectivity index (χ0v) is 8.12. The molecule has 0 aromatic heterocycles. The molecule has 4 nitrogen and oxygen atoms in total. The summed E-state index contributed by atoms with van der Waals surface area (Å²) in [6, 6.07) is 0.213. The molecule has 0 radical (unpaired) electrons. The molecule has 1 saturated carbocycles. The van der Waals surface area contributed by atoms with Crippen molar-refractivity contribution in [2.45, 2.75) is 43.9 Å². The van der Waals surface area contributed by atoms with E-state index in [4.69, 9.17) is 12.2 Å². The van der Waals surface area contributed by atoms with Gasteiger partial charge < -0.3 is 10.4 Å². The molecule has 1 aliphatic carbocycles. The van der Waals surface area contributed by atoms with Crippen molar-refractivity contribution in [3.8, 4) is 12.3 Å². The number of carbonyl (C=O) groups excluding carboxylic acids is 1. The van der Waals surface area contributed by atoms with Crippen molar-refractivity contribution in [1.82, 2.24) is 5.32 Å². The van der Waals surface area contributed by atoms with Gasteiger partial charge in [0.25, 0.3) is 5.91 Å². The molecule has 0 saturated heterocycles. The molecule has 0 aliphatic heterocycles. The van der Waals surface area contributed by atoms with Crippen LogP contribution in [0.3, 0.4) is 0 Å². The van der Waals surface area contributed by atoms with E-state index >= 15 is 0 Å². The van der Waals surface area contributed by atoms with Crippen LogP contribution in [0.1, 0.15) is 32.1 Å². The molecule has 14 heavy (non-hydrogen) atoms. The summed E-state index contributed by atoms with van der Waals surface area (Å²) < 4.78 is 0. The summed E-state index contributed by atoms with van der Waals surface area (Å²) in [5.74, 6) is 1.95. The number of rotatable bonds is 5. The molecule has 1 rings (SSSR count). The second-order valence-electron chi connectivity index (χ2n) is 3.73. The van der Waals surface area contributed by atoms with Crippen molar-refractivity contribution in [2.24, 2.45) is 5.73 Å². The molecule has 0 heterocycles. The minimum absolute atomic E-state index is 0.204. The van der Waals surface area contributed by atoms with Crippen LogP contribution in [-0.4, -0.2) is 22.8 Å². The molecular formula is C10H16N2O2. The summed E-state index contributed by atoms with van der Waals surface area (Å²) in [5, 5.41) is 12.2. The molecule has 78 valence electrons. The van der Waals surface area contributed by atoms with Crippen LogP contribution >= 0.6 is 0 Å². The van der Waals surface area contributed by atoms with Gasteiger partial charge in [0.1, 0.15) is 0 Å². The minimum Gasteiger partial charge on any atom is -0.368 e. The quantitative estimate of drug-likeness (QED) is 0.321. The maximum absolute atomic E-state index is 11.4. The SMILES string of the molecule is C#CCCC[C@](N)(O)C(=O)NC1CC1. The third-order valence-corrected chi connectivity index (χ3v) is 2.18. The molecule has 0 aromatic carbocycles. The fourth-order valence-corrected chi connectivity index (χ4v) is 1.11. The van der Waals surface area contributed by atoms with Crippen LogP contribution in [0.5, 0.6) is 0 Å². The van der Waals surface area contributed by atoms with Gasteiger partial charge in [-0.3, -0.25) is 10.5 Å². The first-order valence-corrected chi connectivity index (χ1v) is 4.82. The molecule has 4 N–H and O–H groups in total. The zero-order valence-electron chi connectivity index (χ0n) is 8.12. The van der Waals surface area contributed by atoms with E-state index in [-0.39, 0.29) is 12.5 Å². The topological polar surface area (TPSA) is 75.3 Å². The lowest BCUT2D eigenvalue weighted by atomic mass is 10.1. The number of hydrogen-bond donors (Lipinski definition) is 3. The molecule has 1 atom stereocenters. The highest BCUT2D eigenvalue weighted by Gasteiger charge is 2.34. The Morgan fingerprint density at radius 1 is 1.71 bits per heavy atom. The summed E-state index contributed by atoms with van der Waals surface area (Å²) in [6.07, 6.45) is 8.29. The number of nitrogens with one attached hydrogen (secondary N) is 1. The number of amides is 1. The van der Waals surface area contributed by atoms with E-state index in [0.717, 1.165) is 12.8 Å². The van der Waals surface area contributed by atoms with E-state index in [1.165, 1.54) is 0 Å². The van der Waals surface area contributed by atoms with Crippen molar-refractivity contribution < 1.29 is 9.90 Å². The van der Waals surface area contributed by atoms with Crippen LogP contribution in [0.25, 0.3) is 0 Å². The summed E-state index contributed by atoms with van der Waals surface area (Å²) in [4.78, 5) is 11.4. The average molecular weight is 196 g/mol. The van der Waals surface area contributed by atoms with E-state index in [0.29, 0.717) is 12.8 Å². The predicted octanol–water partition coefficient (Wildman–Crippen LogP) is -0.284. The molecule has 4 heteroatoms. The highest BCUT2D eigenvalue weighted by atomic mass is 16.3. The lowest BCUT2D eigenvalue weighted by Crippen LogP contribution is -2.54. The van der Waals surface area contributed by atoms with E-state index in [2.05, 4.69) is 11.2 Å². The van der Waals surface area contributed by atoms with Crippen molar-refractivity contribution in [1.29, 1.82) is 0 Å². The smallest absolute Gasteiger partial charge is 0.267 e. The maximum Gasteiger partial charge on any atom is 0.267 e. The molecule has 1 aliphatic rings. The zero-order chi connectivity index (χ0) is 10.6. The van der Waals surface area contributed by atoms with E-state index < -0.39 is 11.6 Å². The van der Waals surface area contributed by atoms with Gasteiger partial charge in [-0.05, 0) is 25.7 Å². The van der Waals surface area contributed by atoms with Crippen LogP contribution in [0.4, 0.5) is 0 Å². The predicted molar refractivity (Wildman–Crippen MR) is 53.0 cm³/mol. The van der Waals surface area contributed by atoms with Crippen molar-refractivity contribution >= 4 is 5.91 Å². The summed E-state index contributed by atoms with van der Waals surface area (Å²) in [7, 11) is 0. The van der Waals surface area contributed by atoms with Gasteiger partial charge in [-0.2, -0.15) is 0 Å². The fourth-order valence-electron chi connectivity index (χ4n) is 1.11. The van der Waals surface area contributed by atoms with E-state index in [1.807, 2.05) is 0 Å². The highest BCUT2D eigenvalue weighted by Crippen LogP contribution is 2.20. The Morgan fingerprint density at radius 2 is 2.36 bits per heavy atom. The molecule has 0 aromatic rings. The van der Waals surface area contributed by atoms with Crippen LogP contribution in [0.2, 0.25) is 0 Å². The fraction of sp³-hybridized carbons (Fsp3) is 0.700. The molecule has 0 spiro atoms. The standard InChI is InChI=1S/C10H16N2O2/c1-2-3-4-7-10(11,14)9(13)12-8-5-6-8/h1,8,14H,3-7,11H2,(H,12,13)/t10-/m0/s1. The summed E-state index contributed by atoms with van der Waals surface area (Å²) in [6.45, 7) is 0. The van der Waals surface area contributed by atoms with Gasteiger partial charge in [0.05, 0.1) is 0 Å². The Morgan fingerprint density at radius 3 is 2.86 bits per heavy atom. The molecule has 1 fully saturated rings. The Balaban J connectivity index is 2.30. The van der Waals surface area contributed by atoms with Crippen LogP contribution in [-0.2, 0) is 4.79 Å². The van der Waals surface area contributed by atoms with Crippen LogP contribution in [0, 0.1) is 12.3 Å². The Bertz CT molecular complexity index is 251. The Hall–Kier alpha value is -1.05. The summed E-state index contributed by atoms with van der Waals surface area (Å²) in [5.41, 5.74) is 3.69. The first-order valence-electron chi connectivity index (χ1n) is 4.82. The number of terminal acetylenes is 1. The van der Waals surface area contributed by atoms with Gasteiger partial charge in [0, 0.05) is 12.5 Å². The monoisotopic (exact) mass is 196 g/mol. The summed E-state index contributed by atoms with van der Waals surface area (Å²) >= 11 is 0. The lowest BCUT2D eigenvalue weighted by Gasteiger charge is -2.21. The Kier molecular flexibility index (Phi) is 3.50. The van der Waals surface area contributed by atoms with Gasteiger partial charge in [-0.15, -0.1) is 12.3 Å². The number of hydrogen-bond acceptors (Lipinski definition) is 3. The average Bonchev–Trinajstić information content (AvgIpc) is 2.88. The molecular weight excluding hydrogens is 180 g/mol. The highest BCUT2D eigenvalue weighted by molar-refractivity contribution is 5.84. The number of carbonyl (C=O) groups is 1. The molecule has 0 unspecified atom stereocenters. The van der Waals surface area contributed by atoms with Gasteiger partial charge >= 0.3 is 0 Å². The normalized spacial score (nSPS) is 19.5. The first kappa shape index (κ1) is 11.0. The third-order valence-electron chi connectivity index (χ3n) is 2.18. The van der Waals surface area contributed by atoms with E-state index in [1.54, 1.807) is 0 Å². The number of nitrogens with two attached hydrogens (primary N) is 1. The maximum atomic E-state index is 11.4. The second-order valence-corrected chi connectivity index (χ2v) is 3.73. The van der Waals surface area contributed by atoms with Gasteiger partial charge in [0.15, 0.2) is 5.72 Å². The molecule has 1 amide bonds. The van der Waals surface area contributed by atoms with Crippen molar-refractivity contribution in [3.05, 3.63) is 0 Å².